The molecule has 6 nitrogen and oxygen atoms in total. The molecule has 0 saturated carbocycles. The highest BCUT2D eigenvalue weighted by molar-refractivity contribution is 5.66. The van der Waals surface area contributed by atoms with E-state index in [4.69, 9.17) is 28.4 Å². The van der Waals surface area contributed by atoms with E-state index in [1.54, 1.807) is 48.5 Å². The Kier molecular flexibility index (Phi) is 16.7. The summed E-state index contributed by atoms with van der Waals surface area (Å²) in [5, 5.41) is 0. The number of hydrogen-bond donors (Lipinski definition) is 0. The van der Waals surface area contributed by atoms with Crippen molar-refractivity contribution in [2.24, 2.45) is 0 Å². The average molecular weight is 879 g/mol. The van der Waals surface area contributed by atoms with Gasteiger partial charge in [-0.25, -0.2) is 17.6 Å². The Bertz CT molecular complexity index is 1840. The van der Waals surface area contributed by atoms with Gasteiger partial charge in [0.15, 0.2) is 0 Å². The van der Waals surface area contributed by atoms with Crippen molar-refractivity contribution < 1.29 is 63.5 Å². The van der Waals surface area contributed by atoms with E-state index in [0.717, 1.165) is 75.6 Å². The fourth-order valence-electron chi connectivity index (χ4n) is 7.80. The third kappa shape index (κ3) is 12.1. The van der Waals surface area contributed by atoms with E-state index in [1.807, 2.05) is 0 Å². The molecule has 2 saturated heterocycles. The monoisotopic (exact) mass is 878 g/mol. The minimum atomic E-state index is -4.55. The molecule has 0 bridgehead atoms. The summed E-state index contributed by atoms with van der Waals surface area (Å²) in [6.45, 7) is 4.03. The van der Waals surface area contributed by atoms with E-state index in [0.29, 0.717) is 35.8 Å². The fourth-order valence-corrected chi connectivity index (χ4v) is 7.80. The molecular formula is C48H54F8O6. The maximum absolute atomic E-state index is 15.5. The third-order valence-electron chi connectivity index (χ3n) is 11.1. The zero-order valence-corrected chi connectivity index (χ0v) is 35.0. The van der Waals surface area contributed by atoms with Crippen LogP contribution in [0.4, 0.5) is 35.1 Å². The molecule has 0 radical (unpaired) electrons. The number of halogens is 8. The lowest BCUT2D eigenvalue weighted by Crippen LogP contribution is -2.39. The first-order valence-electron chi connectivity index (χ1n) is 21.6. The lowest BCUT2D eigenvalue weighted by Gasteiger charge is -2.25. The summed E-state index contributed by atoms with van der Waals surface area (Å²) in [6.07, 6.45) is -2.16. The molecule has 62 heavy (non-hydrogen) atoms. The summed E-state index contributed by atoms with van der Waals surface area (Å²) in [7, 11) is 0. The number of fused-ring (bicyclic) bond motifs is 1. The van der Waals surface area contributed by atoms with E-state index >= 15 is 35.1 Å². The summed E-state index contributed by atoms with van der Waals surface area (Å²) in [6, 6.07) is 15.7. The minimum absolute atomic E-state index is 0.00745. The fraction of sp³-hybridized carbons (Fsp3) is 0.500. The quantitative estimate of drug-likeness (QED) is 0.0516. The Labute approximate surface area is 357 Å². The second-order valence-corrected chi connectivity index (χ2v) is 15.9. The van der Waals surface area contributed by atoms with Crippen molar-refractivity contribution in [3.05, 3.63) is 107 Å². The van der Waals surface area contributed by atoms with Gasteiger partial charge in [0.2, 0.25) is 0 Å². The van der Waals surface area contributed by atoms with Gasteiger partial charge in [-0.3, -0.25) is 0 Å². The lowest BCUT2D eigenvalue weighted by atomic mass is 10.0. The molecule has 0 unspecified atom stereocenters. The molecule has 2 heterocycles. The molecule has 338 valence electrons. The van der Waals surface area contributed by atoms with Crippen LogP contribution < -0.4 is 9.47 Å². The van der Waals surface area contributed by atoms with E-state index in [-0.39, 0.29) is 11.1 Å². The van der Waals surface area contributed by atoms with Crippen LogP contribution in [-0.4, -0.2) is 50.8 Å². The number of alkyl halides is 4. The van der Waals surface area contributed by atoms with Crippen LogP contribution in [0, 0.1) is 23.3 Å². The van der Waals surface area contributed by atoms with Crippen LogP contribution in [0.15, 0.2) is 72.8 Å². The highest BCUT2D eigenvalue weighted by Crippen LogP contribution is 2.43. The third-order valence-corrected chi connectivity index (χ3v) is 11.1. The van der Waals surface area contributed by atoms with Crippen LogP contribution in [0.5, 0.6) is 11.5 Å². The number of ether oxygens (including phenoxy) is 6. The summed E-state index contributed by atoms with van der Waals surface area (Å²) in [5.74, 6) is -5.24. The van der Waals surface area contributed by atoms with Gasteiger partial charge >= 0.3 is 12.2 Å². The van der Waals surface area contributed by atoms with Gasteiger partial charge in [-0.15, -0.1) is 0 Å². The largest absolute Gasteiger partial charge is 0.494 e. The molecular weight excluding hydrogens is 825 g/mol. The van der Waals surface area contributed by atoms with Crippen LogP contribution in [0.1, 0.15) is 102 Å². The number of hydrogen-bond acceptors (Lipinski definition) is 6. The molecule has 0 aliphatic carbocycles. The van der Waals surface area contributed by atoms with Gasteiger partial charge in [0, 0.05) is 0 Å². The summed E-state index contributed by atoms with van der Waals surface area (Å²) in [4.78, 5) is 0. The first-order chi connectivity index (χ1) is 29.8. The van der Waals surface area contributed by atoms with Crippen LogP contribution in [0.3, 0.4) is 0 Å². The molecule has 0 amide bonds. The van der Waals surface area contributed by atoms with Crippen LogP contribution in [0.2, 0.25) is 0 Å². The molecule has 4 aromatic rings. The van der Waals surface area contributed by atoms with Crippen molar-refractivity contribution in [1.82, 2.24) is 0 Å². The number of unbranched alkanes of at least 4 members (excludes halogenated alkanes) is 10. The second-order valence-electron chi connectivity index (χ2n) is 15.9. The first kappa shape index (κ1) is 47.2. The Balaban J connectivity index is 1.03. The van der Waals surface area contributed by atoms with Gasteiger partial charge in [-0.05, 0) is 83.6 Å². The Morgan fingerprint density at radius 3 is 1.13 bits per heavy atom. The maximum atomic E-state index is 15.5. The lowest BCUT2D eigenvalue weighted by molar-refractivity contribution is -0.289. The summed E-state index contributed by atoms with van der Waals surface area (Å²) >= 11 is 0. The second kappa shape index (κ2) is 21.9. The SMILES string of the molecule is CCCCCCCCOc1ccc(-c2cc(F)c(C(F)(F)O[C@H]3CO[C@@H]4[C@H]3OC[C@H]4OC(F)(F)c3c(F)cc(-c4ccc(OCCCCCCCC)cc4)cc3F)c(F)c2)cc1. The van der Waals surface area contributed by atoms with Crippen molar-refractivity contribution in [3.63, 3.8) is 0 Å². The van der Waals surface area contributed by atoms with Crippen molar-refractivity contribution in [2.75, 3.05) is 26.4 Å². The smallest absolute Gasteiger partial charge is 0.389 e. The minimum Gasteiger partial charge on any atom is -0.494 e. The molecule has 0 N–H and O–H groups in total. The topological polar surface area (TPSA) is 55.4 Å². The summed E-state index contributed by atoms with van der Waals surface area (Å²) < 4.78 is 155. The molecule has 6 rings (SSSR count). The van der Waals surface area contributed by atoms with Crippen molar-refractivity contribution in [2.45, 2.75) is 128 Å². The van der Waals surface area contributed by atoms with E-state index in [9.17, 15) is 0 Å². The Morgan fingerprint density at radius 2 is 0.790 bits per heavy atom. The van der Waals surface area contributed by atoms with Gasteiger partial charge < -0.3 is 28.4 Å². The predicted molar refractivity (Wildman–Crippen MR) is 218 cm³/mol. The van der Waals surface area contributed by atoms with Crippen molar-refractivity contribution >= 4 is 0 Å². The number of rotatable bonds is 24. The van der Waals surface area contributed by atoms with E-state index in [2.05, 4.69) is 13.8 Å². The first-order valence-corrected chi connectivity index (χ1v) is 21.6. The molecule has 14 heteroatoms. The average Bonchev–Trinajstić information content (AvgIpc) is 3.81. The van der Waals surface area contributed by atoms with Crippen LogP contribution in [0.25, 0.3) is 22.3 Å². The number of benzene rings is 4. The molecule has 2 aliphatic rings. The zero-order valence-electron chi connectivity index (χ0n) is 35.0. The van der Waals surface area contributed by atoms with E-state index in [1.165, 1.54) is 25.7 Å². The van der Waals surface area contributed by atoms with Gasteiger partial charge in [0.05, 0.1) is 26.4 Å². The highest BCUT2D eigenvalue weighted by atomic mass is 19.3. The van der Waals surface area contributed by atoms with Gasteiger partial charge in [0.1, 0.15) is 70.3 Å². The molecule has 4 aromatic carbocycles. The Morgan fingerprint density at radius 1 is 0.468 bits per heavy atom. The highest BCUT2D eigenvalue weighted by Gasteiger charge is 2.56. The zero-order chi connectivity index (χ0) is 44.3. The van der Waals surface area contributed by atoms with Gasteiger partial charge in [-0.2, -0.15) is 17.6 Å². The predicted octanol–water partition coefficient (Wildman–Crippen LogP) is 13.4. The molecule has 0 spiro atoms. The van der Waals surface area contributed by atoms with E-state index < -0.39 is 84.2 Å². The normalized spacial score (nSPS) is 18.9. The van der Waals surface area contributed by atoms with Crippen LogP contribution in [-0.2, 0) is 31.2 Å². The van der Waals surface area contributed by atoms with Crippen molar-refractivity contribution in [1.29, 1.82) is 0 Å². The van der Waals surface area contributed by atoms with Gasteiger partial charge in [0.25, 0.3) is 0 Å². The van der Waals surface area contributed by atoms with Gasteiger partial charge in [-0.1, -0.05) is 102 Å². The van der Waals surface area contributed by atoms with Crippen molar-refractivity contribution in [3.8, 4) is 33.8 Å². The maximum Gasteiger partial charge on any atom is 0.389 e. The molecule has 0 aromatic heterocycles. The molecule has 2 aliphatic heterocycles. The summed E-state index contributed by atoms with van der Waals surface area (Å²) in [5.41, 5.74) is -2.64. The standard InChI is InChI=1S/C48H54F8O6/c1-3-5-7-9-11-13-23-57-35-19-15-31(16-20-35)33-25-37(49)43(38(50)26-33)47(53,54)61-41-29-59-46-42(30-60-45(41)46)62-48(55,56)44-39(51)27-34(28-40(44)52)32-17-21-36(22-18-32)58-24-14-12-10-8-6-4-2/h15-22,25-28,41-42,45-46H,3-14,23-24,29-30H2,1-2H3/t41-,42+,45-,46-/m0/s1. The van der Waals surface area contributed by atoms with Crippen LogP contribution >= 0.6 is 0 Å². The molecule has 2 fully saturated rings. The Hall–Kier alpha value is -4.24. The molecule has 4 atom stereocenters.